The number of nitrogens with zero attached hydrogens (tertiary/aromatic N) is 3. The predicted molar refractivity (Wildman–Crippen MR) is 76.1 cm³/mol. The number of hydrogen-bond acceptors (Lipinski definition) is 4. The Bertz CT molecular complexity index is 559. The molecule has 0 spiro atoms. The van der Waals surface area contributed by atoms with Gasteiger partial charge in [0.15, 0.2) is 5.82 Å². The summed E-state index contributed by atoms with van der Waals surface area (Å²) in [5, 5.41) is 3.86. The van der Waals surface area contributed by atoms with E-state index in [-0.39, 0.29) is 0 Å². The summed E-state index contributed by atoms with van der Waals surface area (Å²) >= 11 is 0. The van der Waals surface area contributed by atoms with Crippen molar-refractivity contribution < 1.29 is 4.84 Å². The first-order chi connectivity index (χ1) is 9.24. The molecule has 0 unspecified atom stereocenters. The molecule has 2 aromatic rings. The molecule has 0 aliphatic carbocycles. The van der Waals surface area contributed by atoms with Crippen molar-refractivity contribution in [2.75, 3.05) is 7.11 Å². The fourth-order valence-corrected chi connectivity index (χ4v) is 1.74. The average molecular weight is 255 g/mol. The molecule has 1 heterocycles. The topological polar surface area (TPSA) is 47.4 Å². The second-order valence-corrected chi connectivity index (χ2v) is 4.21. The van der Waals surface area contributed by atoms with Crippen LogP contribution in [0.2, 0.25) is 0 Å². The smallest absolute Gasteiger partial charge is 0.159 e. The number of oxime groups is 1. The van der Waals surface area contributed by atoms with Crippen molar-refractivity contribution in [1.29, 1.82) is 0 Å². The Labute approximate surface area is 113 Å². The lowest BCUT2D eigenvalue weighted by molar-refractivity contribution is 0.213. The third-order valence-corrected chi connectivity index (χ3v) is 2.92. The van der Waals surface area contributed by atoms with Crippen molar-refractivity contribution in [3.63, 3.8) is 0 Å². The highest BCUT2D eigenvalue weighted by atomic mass is 16.6. The Kier molecular flexibility index (Phi) is 4.23. The van der Waals surface area contributed by atoms with Crippen molar-refractivity contribution in [2.45, 2.75) is 20.3 Å². The summed E-state index contributed by atoms with van der Waals surface area (Å²) < 4.78 is 0. The first-order valence-corrected chi connectivity index (χ1v) is 6.24. The van der Waals surface area contributed by atoms with Crippen molar-refractivity contribution in [3.05, 3.63) is 47.8 Å². The van der Waals surface area contributed by atoms with Crippen molar-refractivity contribution >= 4 is 5.71 Å². The molecule has 1 aromatic heterocycles. The molecule has 0 bridgehead atoms. The number of aromatic nitrogens is 2. The molecule has 0 aliphatic heterocycles. The third-order valence-electron chi connectivity index (χ3n) is 2.92. The van der Waals surface area contributed by atoms with Crippen LogP contribution in [0.5, 0.6) is 0 Å². The first-order valence-electron chi connectivity index (χ1n) is 6.24. The Morgan fingerprint density at radius 3 is 2.32 bits per heavy atom. The number of aryl methyl sites for hydroxylation is 1. The van der Waals surface area contributed by atoms with Gasteiger partial charge in [-0.05, 0) is 18.9 Å². The molecule has 4 heteroatoms. The van der Waals surface area contributed by atoms with Crippen molar-refractivity contribution in [1.82, 2.24) is 9.97 Å². The van der Waals surface area contributed by atoms with E-state index in [1.54, 1.807) is 12.4 Å². The van der Waals surface area contributed by atoms with Crippen LogP contribution >= 0.6 is 0 Å². The highest BCUT2D eigenvalue weighted by Gasteiger charge is 2.03. The highest BCUT2D eigenvalue weighted by Crippen LogP contribution is 2.15. The van der Waals surface area contributed by atoms with Gasteiger partial charge in [0.25, 0.3) is 0 Å². The molecule has 0 fully saturated rings. The Balaban J connectivity index is 2.24. The van der Waals surface area contributed by atoms with E-state index < -0.39 is 0 Å². The minimum absolute atomic E-state index is 0.719. The zero-order valence-electron chi connectivity index (χ0n) is 11.4. The van der Waals surface area contributed by atoms with E-state index in [1.807, 2.05) is 19.1 Å². The molecule has 1 aromatic carbocycles. The molecule has 0 saturated carbocycles. The van der Waals surface area contributed by atoms with Crippen LogP contribution in [0, 0.1) is 0 Å². The second kappa shape index (κ2) is 6.09. The number of benzene rings is 1. The van der Waals surface area contributed by atoms with E-state index >= 15 is 0 Å². The molecule has 98 valence electrons. The fourth-order valence-electron chi connectivity index (χ4n) is 1.74. The van der Waals surface area contributed by atoms with Gasteiger partial charge in [0.05, 0.1) is 5.71 Å². The summed E-state index contributed by atoms with van der Waals surface area (Å²) in [5.41, 5.74) is 3.94. The first kappa shape index (κ1) is 13.2. The predicted octanol–water partition coefficient (Wildman–Crippen LogP) is 3.08. The largest absolute Gasteiger partial charge is 0.399 e. The van der Waals surface area contributed by atoms with E-state index in [2.05, 4.69) is 34.2 Å². The van der Waals surface area contributed by atoms with Crippen LogP contribution in [0.1, 0.15) is 25.0 Å². The summed E-state index contributed by atoms with van der Waals surface area (Å²) in [6.45, 7) is 4.00. The quantitative estimate of drug-likeness (QED) is 0.623. The maximum Gasteiger partial charge on any atom is 0.159 e. The van der Waals surface area contributed by atoms with E-state index in [0.717, 1.165) is 29.1 Å². The Morgan fingerprint density at radius 1 is 1.16 bits per heavy atom. The Morgan fingerprint density at radius 2 is 1.79 bits per heavy atom. The van der Waals surface area contributed by atoms with Gasteiger partial charge in [-0.2, -0.15) is 0 Å². The molecule has 0 saturated heterocycles. The number of hydrogen-bond donors (Lipinski definition) is 0. The molecule has 0 atom stereocenters. The highest BCUT2D eigenvalue weighted by molar-refractivity contribution is 5.97. The normalized spacial score (nSPS) is 11.4. The Hall–Kier alpha value is -2.23. The second-order valence-electron chi connectivity index (χ2n) is 4.21. The van der Waals surface area contributed by atoms with E-state index in [0.29, 0.717) is 0 Å². The molecule has 0 radical (unpaired) electrons. The minimum Gasteiger partial charge on any atom is -0.399 e. The van der Waals surface area contributed by atoms with Crippen LogP contribution in [-0.4, -0.2) is 22.8 Å². The molecule has 0 N–H and O–H groups in total. The summed E-state index contributed by atoms with van der Waals surface area (Å²) in [6.07, 6.45) is 4.55. The van der Waals surface area contributed by atoms with Crippen LogP contribution < -0.4 is 0 Å². The van der Waals surface area contributed by atoms with Crippen LogP contribution in [0.4, 0.5) is 0 Å². The van der Waals surface area contributed by atoms with Crippen molar-refractivity contribution in [3.8, 4) is 11.4 Å². The number of rotatable bonds is 4. The van der Waals surface area contributed by atoms with E-state index in [4.69, 9.17) is 4.84 Å². The molecule has 4 nitrogen and oxygen atoms in total. The standard InChI is InChI=1S/C15H17N3O/c1-4-12-5-7-13(8-6-12)15-16-9-14(10-17-15)11(2)18-19-3/h5-10H,4H2,1-3H3/b18-11-. The summed E-state index contributed by atoms with van der Waals surface area (Å²) in [6, 6.07) is 8.29. The van der Waals surface area contributed by atoms with Gasteiger partial charge in [-0.3, -0.25) is 0 Å². The van der Waals surface area contributed by atoms with Gasteiger partial charge in [0.2, 0.25) is 0 Å². The maximum atomic E-state index is 4.73. The van der Waals surface area contributed by atoms with Gasteiger partial charge in [-0.15, -0.1) is 0 Å². The van der Waals surface area contributed by atoms with Gasteiger partial charge in [0.1, 0.15) is 7.11 Å². The molecule has 0 aliphatic rings. The molecular formula is C15H17N3O. The maximum absolute atomic E-state index is 4.73. The summed E-state index contributed by atoms with van der Waals surface area (Å²) in [4.78, 5) is 13.5. The van der Waals surface area contributed by atoms with E-state index in [1.165, 1.54) is 12.7 Å². The lowest BCUT2D eigenvalue weighted by Crippen LogP contribution is -1.99. The summed E-state index contributed by atoms with van der Waals surface area (Å²) in [7, 11) is 1.52. The summed E-state index contributed by atoms with van der Waals surface area (Å²) in [5.74, 6) is 0.719. The van der Waals surface area contributed by atoms with Gasteiger partial charge in [-0.25, -0.2) is 9.97 Å². The molecule has 2 rings (SSSR count). The van der Waals surface area contributed by atoms with Gasteiger partial charge >= 0.3 is 0 Å². The van der Waals surface area contributed by atoms with Gasteiger partial charge < -0.3 is 4.84 Å². The lowest BCUT2D eigenvalue weighted by atomic mass is 10.1. The van der Waals surface area contributed by atoms with Crippen LogP contribution in [0.3, 0.4) is 0 Å². The molecule has 0 amide bonds. The van der Waals surface area contributed by atoms with Crippen molar-refractivity contribution in [2.24, 2.45) is 5.16 Å². The average Bonchev–Trinajstić information content (AvgIpc) is 2.48. The third kappa shape index (κ3) is 3.16. The fraction of sp³-hybridized carbons (Fsp3) is 0.267. The van der Waals surface area contributed by atoms with Gasteiger partial charge in [-0.1, -0.05) is 36.3 Å². The van der Waals surface area contributed by atoms with Gasteiger partial charge in [0, 0.05) is 23.5 Å². The lowest BCUT2D eigenvalue weighted by Gasteiger charge is -2.03. The monoisotopic (exact) mass is 255 g/mol. The molecule has 19 heavy (non-hydrogen) atoms. The SMILES string of the molecule is CCc1ccc(-c2ncc(/C(C)=N\OC)cn2)cc1. The minimum atomic E-state index is 0.719. The molecular weight excluding hydrogens is 238 g/mol. The zero-order chi connectivity index (χ0) is 13.7. The van der Waals surface area contributed by atoms with Crippen LogP contribution in [0.15, 0.2) is 41.8 Å². The van der Waals surface area contributed by atoms with Crippen LogP contribution in [-0.2, 0) is 11.3 Å². The van der Waals surface area contributed by atoms with E-state index in [9.17, 15) is 0 Å². The van der Waals surface area contributed by atoms with Crippen LogP contribution in [0.25, 0.3) is 11.4 Å². The zero-order valence-corrected chi connectivity index (χ0v) is 11.4.